The average molecular weight is 595 g/mol. The zero-order valence-corrected chi connectivity index (χ0v) is 26.5. The van der Waals surface area contributed by atoms with Gasteiger partial charge in [-0.1, -0.05) is 91.0 Å². The van der Waals surface area contributed by atoms with E-state index in [2.05, 4.69) is 72.8 Å². The fourth-order valence-electron chi connectivity index (χ4n) is 4.75. The SMILES string of the molecule is CCOCCCCCOCCO.CCOCCCCCOCCOC(c1ccccc1)(c1ccccc1)c1ccccc1. The van der Waals surface area contributed by atoms with Gasteiger partial charge in [-0.25, -0.2) is 0 Å². The van der Waals surface area contributed by atoms with E-state index >= 15 is 0 Å². The summed E-state index contributed by atoms with van der Waals surface area (Å²) < 4.78 is 28.2. The normalized spacial score (nSPS) is 11.2. The van der Waals surface area contributed by atoms with E-state index in [0.29, 0.717) is 19.8 Å². The lowest BCUT2D eigenvalue weighted by atomic mass is 9.80. The summed E-state index contributed by atoms with van der Waals surface area (Å²) in [5.74, 6) is 0. The highest BCUT2D eigenvalue weighted by Gasteiger charge is 2.37. The molecule has 0 heterocycles. The van der Waals surface area contributed by atoms with E-state index < -0.39 is 5.60 Å². The molecule has 0 atom stereocenters. The molecule has 6 nitrogen and oxygen atoms in total. The largest absolute Gasteiger partial charge is 0.394 e. The summed E-state index contributed by atoms with van der Waals surface area (Å²) in [6.07, 6.45) is 6.58. The van der Waals surface area contributed by atoms with Crippen LogP contribution in [-0.4, -0.2) is 71.2 Å². The Morgan fingerprint density at radius 2 is 0.814 bits per heavy atom. The van der Waals surface area contributed by atoms with Gasteiger partial charge in [-0.15, -0.1) is 0 Å². The second kappa shape index (κ2) is 24.8. The van der Waals surface area contributed by atoms with E-state index in [-0.39, 0.29) is 6.61 Å². The van der Waals surface area contributed by atoms with Crippen LogP contribution in [0.1, 0.15) is 69.1 Å². The highest BCUT2D eigenvalue weighted by molar-refractivity contribution is 5.47. The third-order valence-electron chi connectivity index (χ3n) is 6.89. The Labute approximate surface area is 260 Å². The van der Waals surface area contributed by atoms with Crippen molar-refractivity contribution in [3.05, 3.63) is 108 Å². The fraction of sp³-hybridized carbons (Fsp3) is 0.514. The summed E-state index contributed by atoms with van der Waals surface area (Å²) in [6.45, 7) is 10.5. The third kappa shape index (κ3) is 14.6. The predicted molar refractivity (Wildman–Crippen MR) is 175 cm³/mol. The molecule has 3 rings (SSSR count). The molecule has 0 aliphatic rings. The second-order valence-electron chi connectivity index (χ2n) is 10.1. The van der Waals surface area contributed by atoms with Crippen LogP contribution in [0.3, 0.4) is 0 Å². The maximum absolute atomic E-state index is 8.39. The minimum absolute atomic E-state index is 0.124. The van der Waals surface area contributed by atoms with E-state index in [1.807, 2.05) is 32.0 Å². The Kier molecular flexibility index (Phi) is 21.1. The molecule has 3 aromatic rings. The molecule has 0 fully saturated rings. The van der Waals surface area contributed by atoms with Crippen LogP contribution in [0.5, 0.6) is 0 Å². The number of rotatable bonds is 23. The summed E-state index contributed by atoms with van der Waals surface area (Å²) in [4.78, 5) is 0. The van der Waals surface area contributed by atoms with Crippen molar-refractivity contribution in [3.8, 4) is 0 Å². The Morgan fingerprint density at radius 1 is 0.442 bits per heavy atom. The molecule has 3 aromatic carbocycles. The van der Waals surface area contributed by atoms with Gasteiger partial charge >= 0.3 is 0 Å². The summed E-state index contributed by atoms with van der Waals surface area (Å²) in [6, 6.07) is 31.4. The van der Waals surface area contributed by atoms with Crippen LogP contribution in [0.15, 0.2) is 91.0 Å². The minimum atomic E-state index is -0.676. The highest BCUT2D eigenvalue weighted by atomic mass is 16.5. The smallest absolute Gasteiger partial charge is 0.143 e. The van der Waals surface area contributed by atoms with Crippen molar-refractivity contribution >= 4 is 0 Å². The number of aliphatic hydroxyl groups excluding tert-OH is 1. The summed E-state index contributed by atoms with van der Waals surface area (Å²) >= 11 is 0. The molecule has 1 N–H and O–H groups in total. The summed E-state index contributed by atoms with van der Waals surface area (Å²) in [5.41, 5.74) is 2.67. The topological polar surface area (TPSA) is 66.4 Å². The van der Waals surface area contributed by atoms with E-state index in [0.717, 1.165) is 94.9 Å². The standard InChI is InChI=1S/C28H34O3.C9H20O3/c1-2-29-21-13-6-14-22-30-23-24-31-28(25-15-7-3-8-16-25,26-17-9-4-10-18-26)27-19-11-5-12-20-27;1-2-11-7-4-3-5-8-12-9-6-10/h3-5,7-12,15-20H,2,6,13-14,21-24H2,1H3;10H,2-9H2,1H3. The van der Waals surface area contributed by atoms with Crippen LogP contribution in [-0.2, 0) is 29.3 Å². The molecule has 0 spiro atoms. The first kappa shape index (κ1) is 36.6. The molecule has 0 saturated carbocycles. The van der Waals surface area contributed by atoms with E-state index in [1.54, 1.807) is 0 Å². The van der Waals surface area contributed by atoms with Crippen molar-refractivity contribution in [2.75, 3.05) is 66.1 Å². The number of hydrogen-bond acceptors (Lipinski definition) is 6. The number of hydrogen-bond donors (Lipinski definition) is 1. The minimum Gasteiger partial charge on any atom is -0.394 e. The van der Waals surface area contributed by atoms with Crippen LogP contribution in [0.2, 0.25) is 0 Å². The quantitative estimate of drug-likeness (QED) is 0.0910. The number of unbranched alkanes of at least 4 members (excludes halogenated alkanes) is 4. The van der Waals surface area contributed by atoms with Gasteiger partial charge in [-0.05, 0) is 69.1 Å². The van der Waals surface area contributed by atoms with Gasteiger partial charge in [0.15, 0.2) is 0 Å². The van der Waals surface area contributed by atoms with Gasteiger partial charge in [0.1, 0.15) is 5.60 Å². The van der Waals surface area contributed by atoms with Crippen molar-refractivity contribution in [2.24, 2.45) is 0 Å². The Morgan fingerprint density at radius 3 is 1.19 bits per heavy atom. The molecule has 0 radical (unpaired) electrons. The molecule has 0 unspecified atom stereocenters. The van der Waals surface area contributed by atoms with Crippen molar-refractivity contribution in [2.45, 2.75) is 58.0 Å². The maximum Gasteiger partial charge on any atom is 0.143 e. The van der Waals surface area contributed by atoms with Crippen LogP contribution < -0.4 is 0 Å². The molecular weight excluding hydrogens is 540 g/mol. The van der Waals surface area contributed by atoms with Crippen molar-refractivity contribution < 1.29 is 28.8 Å². The third-order valence-corrected chi connectivity index (χ3v) is 6.89. The predicted octanol–water partition coefficient (Wildman–Crippen LogP) is 7.42. The van der Waals surface area contributed by atoms with Crippen molar-refractivity contribution in [3.63, 3.8) is 0 Å². The molecule has 0 aliphatic heterocycles. The summed E-state index contributed by atoms with van der Waals surface area (Å²) in [5, 5.41) is 8.39. The molecular formula is C37H54O6. The first-order valence-electron chi connectivity index (χ1n) is 16.0. The van der Waals surface area contributed by atoms with E-state index in [9.17, 15) is 0 Å². The van der Waals surface area contributed by atoms with E-state index in [1.165, 1.54) is 0 Å². The molecule has 0 aromatic heterocycles. The highest BCUT2D eigenvalue weighted by Crippen LogP contribution is 2.40. The molecule has 0 aliphatic carbocycles. The zero-order chi connectivity index (χ0) is 30.7. The van der Waals surface area contributed by atoms with Crippen LogP contribution in [0.25, 0.3) is 0 Å². The molecule has 6 heteroatoms. The number of ether oxygens (including phenoxy) is 5. The van der Waals surface area contributed by atoms with Crippen molar-refractivity contribution in [1.82, 2.24) is 0 Å². The molecule has 0 saturated heterocycles. The zero-order valence-electron chi connectivity index (χ0n) is 26.5. The Balaban J connectivity index is 0.000000455. The summed E-state index contributed by atoms with van der Waals surface area (Å²) in [7, 11) is 0. The average Bonchev–Trinajstić information content (AvgIpc) is 3.07. The van der Waals surface area contributed by atoms with Crippen LogP contribution in [0, 0.1) is 0 Å². The lowest BCUT2D eigenvalue weighted by molar-refractivity contribution is -0.0243. The first-order valence-corrected chi connectivity index (χ1v) is 16.0. The van der Waals surface area contributed by atoms with Gasteiger partial charge in [0.2, 0.25) is 0 Å². The number of benzene rings is 3. The van der Waals surface area contributed by atoms with Crippen LogP contribution >= 0.6 is 0 Å². The molecule has 0 amide bonds. The van der Waals surface area contributed by atoms with Gasteiger partial charge in [0, 0.05) is 39.6 Å². The molecule has 238 valence electrons. The first-order chi connectivity index (χ1) is 21.3. The van der Waals surface area contributed by atoms with Crippen molar-refractivity contribution in [1.29, 1.82) is 0 Å². The lowest BCUT2D eigenvalue weighted by Crippen LogP contribution is -2.34. The van der Waals surface area contributed by atoms with Gasteiger partial charge in [0.25, 0.3) is 0 Å². The second-order valence-corrected chi connectivity index (χ2v) is 10.1. The molecule has 43 heavy (non-hydrogen) atoms. The van der Waals surface area contributed by atoms with E-state index in [4.69, 9.17) is 28.8 Å². The van der Waals surface area contributed by atoms with Gasteiger partial charge in [0.05, 0.1) is 26.4 Å². The van der Waals surface area contributed by atoms with Gasteiger partial charge < -0.3 is 28.8 Å². The number of aliphatic hydroxyl groups is 1. The Bertz CT molecular complexity index is 893. The fourth-order valence-corrected chi connectivity index (χ4v) is 4.75. The van der Waals surface area contributed by atoms with Crippen LogP contribution in [0.4, 0.5) is 0 Å². The monoisotopic (exact) mass is 594 g/mol. The van der Waals surface area contributed by atoms with Gasteiger partial charge in [-0.3, -0.25) is 0 Å². The Hall–Kier alpha value is -2.58. The maximum atomic E-state index is 8.39. The van der Waals surface area contributed by atoms with Gasteiger partial charge in [-0.2, -0.15) is 0 Å². The lowest BCUT2D eigenvalue weighted by Gasteiger charge is -2.36. The molecule has 0 bridgehead atoms.